The summed E-state index contributed by atoms with van der Waals surface area (Å²) in [7, 11) is 2.17. The molecule has 0 aromatic carbocycles. The van der Waals surface area contributed by atoms with Crippen molar-refractivity contribution in [2.75, 3.05) is 0 Å². The van der Waals surface area contributed by atoms with E-state index in [4.69, 9.17) is 0 Å². The molecule has 0 bridgehead atoms. The summed E-state index contributed by atoms with van der Waals surface area (Å²) in [6.07, 6.45) is 2.00. The Morgan fingerprint density at radius 3 is 2.40 bits per heavy atom. The summed E-state index contributed by atoms with van der Waals surface area (Å²) in [6, 6.07) is 4.25. The Kier molecular flexibility index (Phi) is 2.83. The van der Waals surface area contributed by atoms with Crippen LogP contribution in [0.2, 0.25) is 0 Å². The topological polar surface area (TPSA) is 20.7 Å². The summed E-state index contributed by atoms with van der Waals surface area (Å²) >= 11 is 0.126. The van der Waals surface area contributed by atoms with Gasteiger partial charge in [0.15, 0.2) is 0 Å². The average Bonchev–Trinajstić information content (AvgIpc) is 2.79. The van der Waals surface area contributed by atoms with Crippen molar-refractivity contribution in [3.8, 4) is 0 Å². The van der Waals surface area contributed by atoms with Crippen LogP contribution < -0.4 is 8.58 Å². The van der Waals surface area contributed by atoms with Crippen molar-refractivity contribution in [3.63, 3.8) is 0 Å². The molecule has 0 fully saturated rings. The van der Waals surface area contributed by atoms with Gasteiger partial charge in [0.25, 0.3) is 0 Å². The number of hydrogen-bond donors (Lipinski definition) is 1. The van der Waals surface area contributed by atoms with Crippen LogP contribution >= 0.6 is 0 Å². The molecule has 2 rings (SSSR count). The quantitative estimate of drug-likeness (QED) is 0.805. The van der Waals surface area contributed by atoms with Crippen LogP contribution in [0.4, 0.5) is 0 Å². The molecular weight excluding hydrogens is 273 g/mol. The van der Waals surface area contributed by atoms with Crippen molar-refractivity contribution < 1.29 is 17.1 Å². The summed E-state index contributed by atoms with van der Waals surface area (Å²) in [5.41, 5.74) is 4.29. The predicted molar refractivity (Wildman–Crippen MR) is 59.7 cm³/mol. The van der Waals surface area contributed by atoms with Gasteiger partial charge in [-0.25, -0.2) is 0 Å². The molecule has 2 heterocycles. The van der Waals surface area contributed by atoms with E-state index in [2.05, 4.69) is 49.5 Å². The first-order chi connectivity index (χ1) is 7.11. The molecule has 15 heavy (non-hydrogen) atoms. The van der Waals surface area contributed by atoms with E-state index < -0.39 is 0 Å². The summed E-state index contributed by atoms with van der Waals surface area (Å²) < 4.78 is 5.20. The van der Waals surface area contributed by atoms with E-state index in [0.717, 1.165) is 0 Å². The van der Waals surface area contributed by atoms with Gasteiger partial charge in [-0.2, -0.15) is 0 Å². The van der Waals surface area contributed by atoms with Crippen LogP contribution in [-0.4, -0.2) is 9.55 Å². The monoisotopic (exact) mass is 290 g/mol. The van der Waals surface area contributed by atoms with Crippen LogP contribution in [0.1, 0.15) is 16.8 Å². The first kappa shape index (κ1) is 10.7. The molecule has 0 aliphatic carbocycles. The average molecular weight is 289 g/mol. The van der Waals surface area contributed by atoms with E-state index >= 15 is 0 Å². The van der Waals surface area contributed by atoms with E-state index in [1.165, 1.54) is 25.4 Å². The summed E-state index contributed by atoms with van der Waals surface area (Å²) in [5, 5.41) is 0. The van der Waals surface area contributed by atoms with Gasteiger partial charge in [-0.05, 0) is 0 Å². The number of nitrogens with one attached hydrogen (secondary N) is 1. The standard InChI is InChI=1S/C8H12N.C4H4N.Ru/c1-6-5-9(4)8(3)7(6)2;1-2-4-5-3-1;/h1-4H3;1-3,5H;. The van der Waals surface area contributed by atoms with E-state index in [1.807, 2.05) is 6.20 Å². The Balaban J connectivity index is 2.41. The normalized spacial score (nSPS) is 11.2. The number of nitrogens with zero attached hydrogens (tertiary/aromatic N) is 1. The molecule has 0 saturated heterocycles. The number of rotatable bonds is 2. The SMILES string of the molecule is Cc1c(C)[c]([Ru][c]2ccc[nH]2)n(C)c1C. The van der Waals surface area contributed by atoms with Crippen LogP contribution in [0.15, 0.2) is 18.3 Å². The fourth-order valence-electron chi connectivity index (χ4n) is 1.64. The van der Waals surface area contributed by atoms with E-state index in [1.54, 1.807) is 0 Å². The van der Waals surface area contributed by atoms with Gasteiger partial charge in [0.1, 0.15) is 0 Å². The maximum absolute atomic E-state index is 3.30. The van der Waals surface area contributed by atoms with Crippen molar-refractivity contribution in [1.29, 1.82) is 0 Å². The second kappa shape index (κ2) is 3.98. The van der Waals surface area contributed by atoms with E-state index in [-0.39, 0.29) is 17.1 Å². The second-order valence-corrected chi connectivity index (χ2v) is 5.96. The number of hydrogen-bond acceptors (Lipinski definition) is 0. The molecule has 2 aromatic heterocycles. The molecule has 0 spiro atoms. The van der Waals surface area contributed by atoms with Gasteiger partial charge in [0.2, 0.25) is 0 Å². The first-order valence-electron chi connectivity index (χ1n) is 4.99. The van der Waals surface area contributed by atoms with Crippen molar-refractivity contribution >= 4 is 8.58 Å². The Bertz CT molecular complexity index is 441. The zero-order chi connectivity index (χ0) is 11.0. The molecule has 0 aliphatic heterocycles. The molecule has 0 aliphatic rings. The zero-order valence-electron chi connectivity index (χ0n) is 9.53. The minimum absolute atomic E-state index is 0.126. The van der Waals surface area contributed by atoms with Crippen LogP contribution in [0.3, 0.4) is 0 Å². The Morgan fingerprint density at radius 2 is 1.93 bits per heavy atom. The molecule has 0 radical (unpaired) electrons. The molecule has 82 valence electrons. The molecule has 0 atom stereocenters. The van der Waals surface area contributed by atoms with Crippen LogP contribution in [0.5, 0.6) is 0 Å². The van der Waals surface area contributed by atoms with Crippen molar-refractivity contribution in [3.05, 3.63) is 35.2 Å². The van der Waals surface area contributed by atoms with E-state index in [0.29, 0.717) is 0 Å². The van der Waals surface area contributed by atoms with Gasteiger partial charge in [-0.3, -0.25) is 0 Å². The van der Waals surface area contributed by atoms with E-state index in [9.17, 15) is 0 Å². The zero-order valence-corrected chi connectivity index (χ0v) is 11.3. The van der Waals surface area contributed by atoms with Gasteiger partial charge >= 0.3 is 98.2 Å². The Morgan fingerprint density at radius 1 is 1.20 bits per heavy atom. The molecular formula is C12H16N2Ru. The molecule has 1 N–H and O–H groups in total. The third-order valence-electron chi connectivity index (χ3n) is 2.93. The summed E-state index contributed by atoms with van der Waals surface area (Å²) in [5.74, 6) is 0. The van der Waals surface area contributed by atoms with Gasteiger partial charge in [0.05, 0.1) is 0 Å². The Hall–Kier alpha value is -0.817. The van der Waals surface area contributed by atoms with Gasteiger partial charge in [-0.1, -0.05) is 0 Å². The van der Waals surface area contributed by atoms with Crippen molar-refractivity contribution in [1.82, 2.24) is 9.55 Å². The number of aromatic amines is 1. The molecule has 2 nitrogen and oxygen atoms in total. The molecule has 0 saturated carbocycles. The van der Waals surface area contributed by atoms with Crippen LogP contribution in [-0.2, 0) is 24.2 Å². The second-order valence-electron chi connectivity index (χ2n) is 3.77. The third kappa shape index (κ3) is 1.81. The number of aromatic nitrogens is 2. The predicted octanol–water partition coefficient (Wildman–Crippen LogP) is 1.31. The van der Waals surface area contributed by atoms with Crippen molar-refractivity contribution in [2.45, 2.75) is 20.8 Å². The minimum atomic E-state index is 0.126. The van der Waals surface area contributed by atoms with Gasteiger partial charge in [0, 0.05) is 0 Å². The van der Waals surface area contributed by atoms with Crippen LogP contribution in [0.25, 0.3) is 0 Å². The van der Waals surface area contributed by atoms with Gasteiger partial charge in [-0.15, -0.1) is 0 Å². The Labute approximate surface area is 98.3 Å². The first-order valence-corrected chi connectivity index (χ1v) is 6.73. The molecule has 3 heteroatoms. The fourth-order valence-corrected chi connectivity index (χ4v) is 3.90. The molecule has 0 amide bonds. The molecule has 0 unspecified atom stereocenters. The molecule has 2 aromatic rings. The summed E-state index contributed by atoms with van der Waals surface area (Å²) in [4.78, 5) is 3.30. The van der Waals surface area contributed by atoms with Gasteiger partial charge < -0.3 is 0 Å². The van der Waals surface area contributed by atoms with Crippen LogP contribution in [0, 0.1) is 20.8 Å². The fraction of sp³-hybridized carbons (Fsp3) is 0.333. The maximum atomic E-state index is 3.30. The van der Waals surface area contributed by atoms with Crippen molar-refractivity contribution in [2.24, 2.45) is 7.05 Å². The number of H-pyrrole nitrogens is 1. The third-order valence-corrected chi connectivity index (χ3v) is 5.58. The summed E-state index contributed by atoms with van der Waals surface area (Å²) in [6.45, 7) is 6.64.